The van der Waals surface area contributed by atoms with Crippen molar-refractivity contribution >= 4 is 44.9 Å². The highest BCUT2D eigenvalue weighted by Gasteiger charge is 2.08. The Bertz CT molecular complexity index is 1030. The van der Waals surface area contributed by atoms with Crippen molar-refractivity contribution in [2.75, 3.05) is 5.32 Å². The van der Waals surface area contributed by atoms with E-state index in [2.05, 4.69) is 15.3 Å². The second-order valence-corrected chi connectivity index (χ2v) is 7.50. The van der Waals surface area contributed by atoms with Crippen LogP contribution in [0.5, 0.6) is 0 Å². The fraction of sp³-hybridized carbons (Fsp3) is 0.0500. The zero-order valence-electron chi connectivity index (χ0n) is 13.8. The van der Waals surface area contributed by atoms with E-state index in [0.717, 1.165) is 32.2 Å². The Labute approximate surface area is 159 Å². The number of fused-ring (bicyclic) bond motifs is 1. The van der Waals surface area contributed by atoms with Crippen LogP contribution >= 0.6 is 23.1 Å². The molecule has 0 aliphatic rings. The first-order chi connectivity index (χ1) is 12.8. The molecular weight excluding hydrogens is 362 g/mol. The third kappa shape index (κ3) is 3.76. The Balaban J connectivity index is 1.41. The van der Waals surface area contributed by atoms with E-state index in [9.17, 15) is 4.79 Å². The first-order valence-electron chi connectivity index (χ1n) is 8.06. The van der Waals surface area contributed by atoms with Gasteiger partial charge in [0.05, 0.1) is 10.2 Å². The van der Waals surface area contributed by atoms with Gasteiger partial charge in [-0.25, -0.2) is 9.97 Å². The molecule has 0 radical (unpaired) electrons. The molecule has 26 heavy (non-hydrogen) atoms. The first kappa shape index (κ1) is 16.8. The van der Waals surface area contributed by atoms with Crippen LogP contribution in [0.3, 0.4) is 0 Å². The number of benzene rings is 2. The van der Waals surface area contributed by atoms with Crippen LogP contribution < -0.4 is 5.32 Å². The number of aromatic nitrogens is 2. The van der Waals surface area contributed by atoms with Gasteiger partial charge in [0.2, 0.25) is 0 Å². The van der Waals surface area contributed by atoms with Crippen LogP contribution in [0.2, 0.25) is 0 Å². The van der Waals surface area contributed by atoms with Crippen molar-refractivity contribution in [3.63, 3.8) is 0 Å². The predicted molar refractivity (Wildman–Crippen MR) is 108 cm³/mol. The normalized spacial score (nSPS) is 10.8. The molecule has 2 aromatic heterocycles. The minimum atomic E-state index is -0.105. The number of thioether (sulfide) groups is 1. The third-order valence-corrected chi connectivity index (χ3v) is 5.93. The number of nitrogens with one attached hydrogen (secondary N) is 1. The van der Waals surface area contributed by atoms with Crippen LogP contribution in [-0.4, -0.2) is 15.9 Å². The number of amides is 1. The Hall–Kier alpha value is -2.70. The molecule has 4 aromatic rings. The lowest BCUT2D eigenvalue weighted by Crippen LogP contribution is -2.11. The van der Waals surface area contributed by atoms with Gasteiger partial charge in [-0.05, 0) is 41.3 Å². The van der Waals surface area contributed by atoms with Gasteiger partial charge in [-0.2, -0.15) is 0 Å². The quantitative estimate of drug-likeness (QED) is 0.382. The van der Waals surface area contributed by atoms with E-state index in [0.29, 0.717) is 5.56 Å². The molecule has 0 fully saturated rings. The van der Waals surface area contributed by atoms with Crippen molar-refractivity contribution in [1.29, 1.82) is 0 Å². The summed E-state index contributed by atoms with van der Waals surface area (Å²) in [5, 5.41) is 5.92. The number of nitrogens with zero attached hydrogens (tertiary/aromatic N) is 2. The van der Waals surface area contributed by atoms with E-state index in [1.165, 1.54) is 0 Å². The average Bonchev–Trinajstić information content (AvgIpc) is 3.17. The molecule has 4 nitrogen and oxygen atoms in total. The van der Waals surface area contributed by atoms with Crippen LogP contribution in [0.1, 0.15) is 15.9 Å². The molecule has 2 heterocycles. The summed E-state index contributed by atoms with van der Waals surface area (Å²) in [6.07, 6.45) is 1.61. The van der Waals surface area contributed by atoms with Gasteiger partial charge < -0.3 is 5.32 Å². The van der Waals surface area contributed by atoms with Gasteiger partial charge in [0.15, 0.2) is 0 Å². The zero-order chi connectivity index (χ0) is 17.8. The van der Waals surface area contributed by atoms with Crippen LogP contribution in [0, 0.1) is 0 Å². The first-order valence-corrected chi connectivity index (χ1v) is 9.92. The van der Waals surface area contributed by atoms with Crippen molar-refractivity contribution in [3.8, 4) is 0 Å². The summed E-state index contributed by atoms with van der Waals surface area (Å²) < 4.78 is 1.12. The maximum absolute atomic E-state index is 12.3. The number of thiophene rings is 1. The standard InChI is InChI=1S/C20H15N3OS2/c24-19(23-16-4-2-1-3-5-16)15-8-6-14(7-9-15)12-26-20-18-17(10-11-25-18)21-13-22-20/h1-11,13H,12H2,(H,23,24). The summed E-state index contributed by atoms with van der Waals surface area (Å²) in [4.78, 5) is 20.9. The predicted octanol–water partition coefficient (Wildman–Crippen LogP) is 5.24. The van der Waals surface area contributed by atoms with Crippen molar-refractivity contribution in [2.24, 2.45) is 0 Å². The van der Waals surface area contributed by atoms with Gasteiger partial charge in [-0.15, -0.1) is 23.1 Å². The van der Waals surface area contributed by atoms with Gasteiger partial charge >= 0.3 is 0 Å². The van der Waals surface area contributed by atoms with E-state index in [1.54, 1.807) is 29.4 Å². The second-order valence-electron chi connectivity index (χ2n) is 5.62. The lowest BCUT2D eigenvalue weighted by Gasteiger charge is -2.06. The molecule has 0 unspecified atom stereocenters. The van der Waals surface area contributed by atoms with Crippen molar-refractivity contribution in [3.05, 3.63) is 83.5 Å². The summed E-state index contributed by atoms with van der Waals surface area (Å²) in [6.45, 7) is 0. The van der Waals surface area contributed by atoms with Gasteiger partial charge in [0.1, 0.15) is 11.4 Å². The number of hydrogen-bond acceptors (Lipinski definition) is 5. The van der Waals surface area contributed by atoms with E-state index >= 15 is 0 Å². The number of carbonyl (C=O) groups is 1. The maximum atomic E-state index is 12.3. The molecule has 0 bridgehead atoms. The highest BCUT2D eigenvalue weighted by atomic mass is 32.2. The summed E-state index contributed by atoms with van der Waals surface area (Å²) in [5.74, 6) is 0.691. The van der Waals surface area contributed by atoms with Crippen molar-refractivity contribution < 1.29 is 4.79 Å². The molecule has 0 atom stereocenters. The smallest absolute Gasteiger partial charge is 0.255 e. The maximum Gasteiger partial charge on any atom is 0.255 e. The Kier molecular flexibility index (Phi) is 4.95. The van der Waals surface area contributed by atoms with Crippen molar-refractivity contribution in [2.45, 2.75) is 10.8 Å². The molecule has 4 rings (SSSR count). The molecule has 0 spiro atoms. The van der Waals surface area contributed by atoms with E-state index in [4.69, 9.17) is 0 Å². The lowest BCUT2D eigenvalue weighted by atomic mass is 10.1. The minimum absolute atomic E-state index is 0.105. The third-order valence-electron chi connectivity index (χ3n) is 3.83. The summed E-state index contributed by atoms with van der Waals surface area (Å²) >= 11 is 3.34. The molecule has 1 amide bonds. The molecular formula is C20H15N3OS2. The van der Waals surface area contributed by atoms with Crippen LogP contribution in [0.25, 0.3) is 10.2 Å². The van der Waals surface area contributed by atoms with Crippen LogP contribution in [0.15, 0.2) is 77.4 Å². The fourth-order valence-corrected chi connectivity index (χ4v) is 4.40. The molecule has 0 aliphatic carbocycles. The fourth-order valence-electron chi connectivity index (χ4n) is 2.50. The number of para-hydroxylation sites is 1. The Morgan fingerprint density at radius 1 is 1.00 bits per heavy atom. The summed E-state index contributed by atoms with van der Waals surface area (Å²) in [6, 6.07) is 19.1. The zero-order valence-corrected chi connectivity index (χ0v) is 15.4. The average molecular weight is 377 g/mol. The highest BCUT2D eigenvalue weighted by molar-refractivity contribution is 7.98. The number of rotatable bonds is 5. The molecule has 1 N–H and O–H groups in total. The van der Waals surface area contributed by atoms with E-state index < -0.39 is 0 Å². The minimum Gasteiger partial charge on any atom is -0.322 e. The Morgan fingerprint density at radius 3 is 2.62 bits per heavy atom. The molecule has 128 valence electrons. The van der Waals surface area contributed by atoms with E-state index in [1.807, 2.05) is 66.0 Å². The SMILES string of the molecule is O=C(Nc1ccccc1)c1ccc(CSc2ncnc3ccsc23)cc1. The number of hydrogen-bond donors (Lipinski definition) is 1. The topological polar surface area (TPSA) is 54.9 Å². The lowest BCUT2D eigenvalue weighted by molar-refractivity contribution is 0.102. The van der Waals surface area contributed by atoms with Gasteiger partial charge in [0, 0.05) is 17.0 Å². The van der Waals surface area contributed by atoms with Gasteiger partial charge in [-0.3, -0.25) is 4.79 Å². The molecule has 0 saturated heterocycles. The van der Waals surface area contributed by atoms with Crippen LogP contribution in [0.4, 0.5) is 5.69 Å². The molecule has 0 saturated carbocycles. The van der Waals surface area contributed by atoms with E-state index in [-0.39, 0.29) is 5.91 Å². The Morgan fingerprint density at radius 2 is 1.81 bits per heavy atom. The van der Waals surface area contributed by atoms with Crippen LogP contribution in [-0.2, 0) is 5.75 Å². The monoisotopic (exact) mass is 377 g/mol. The summed E-state index contributed by atoms with van der Waals surface area (Å²) in [5.41, 5.74) is 3.57. The van der Waals surface area contributed by atoms with Gasteiger partial charge in [-0.1, -0.05) is 30.3 Å². The second kappa shape index (κ2) is 7.68. The molecule has 6 heteroatoms. The molecule has 0 aliphatic heterocycles. The summed E-state index contributed by atoms with van der Waals surface area (Å²) in [7, 11) is 0. The highest BCUT2D eigenvalue weighted by Crippen LogP contribution is 2.30. The number of anilines is 1. The number of carbonyl (C=O) groups excluding carboxylic acids is 1. The largest absolute Gasteiger partial charge is 0.322 e. The molecule has 2 aromatic carbocycles. The van der Waals surface area contributed by atoms with Gasteiger partial charge in [0.25, 0.3) is 5.91 Å². The van der Waals surface area contributed by atoms with Crippen molar-refractivity contribution in [1.82, 2.24) is 9.97 Å².